The molecule has 2 aliphatic rings. The van der Waals surface area contributed by atoms with Crippen molar-refractivity contribution >= 4 is 16.7 Å². The van der Waals surface area contributed by atoms with Gasteiger partial charge in [-0.05, 0) is 38.0 Å². The molecule has 1 aromatic carbocycles. The number of fused-ring (bicyclic) bond motifs is 1. The van der Waals surface area contributed by atoms with Gasteiger partial charge in [-0.2, -0.15) is 0 Å². The first kappa shape index (κ1) is 12.2. The maximum atomic E-state index is 4.30. The van der Waals surface area contributed by atoms with E-state index in [4.69, 9.17) is 0 Å². The largest absolute Gasteiger partial charge is 0.366 e. The van der Waals surface area contributed by atoms with Crippen LogP contribution in [-0.2, 0) is 0 Å². The molecule has 4 rings (SSSR count). The topological polar surface area (TPSA) is 35.2 Å². The van der Waals surface area contributed by atoms with Crippen molar-refractivity contribution in [2.75, 3.05) is 24.5 Å². The lowest BCUT2D eigenvalue weighted by molar-refractivity contribution is 0.106. The van der Waals surface area contributed by atoms with E-state index < -0.39 is 0 Å². The van der Waals surface area contributed by atoms with Gasteiger partial charge in [0.1, 0.15) is 0 Å². The molecule has 4 heteroatoms. The molecule has 0 radical (unpaired) electrons. The summed E-state index contributed by atoms with van der Waals surface area (Å²) in [6, 6.07) is 8.02. The molecule has 4 nitrogen and oxygen atoms in total. The minimum atomic E-state index is 0.588. The number of imidazole rings is 1. The standard InChI is InChI=1S/C16H22N4/c1-12-10-19(13-3-2-4-13)7-8-20(12)14-5-6-15-16(9-14)18-11-17-15/h5-6,9,11-13H,2-4,7-8,10H2,1H3,(H,17,18)/t12-/m0/s1. The Bertz CT molecular complexity index is 601. The van der Waals surface area contributed by atoms with Crippen LogP contribution < -0.4 is 4.90 Å². The molecule has 1 saturated heterocycles. The summed E-state index contributed by atoms with van der Waals surface area (Å²) in [5, 5.41) is 0. The smallest absolute Gasteiger partial charge is 0.0931 e. The summed E-state index contributed by atoms with van der Waals surface area (Å²) < 4.78 is 0. The molecule has 20 heavy (non-hydrogen) atoms. The molecule has 1 N–H and O–H groups in total. The van der Waals surface area contributed by atoms with Gasteiger partial charge in [0.15, 0.2) is 0 Å². The molecule has 2 aromatic rings. The van der Waals surface area contributed by atoms with Crippen molar-refractivity contribution in [1.82, 2.24) is 14.9 Å². The van der Waals surface area contributed by atoms with Crippen molar-refractivity contribution in [3.05, 3.63) is 24.5 Å². The normalized spacial score (nSPS) is 25.1. The first-order chi connectivity index (χ1) is 9.81. The SMILES string of the molecule is C[C@H]1CN(C2CCC2)CCN1c1ccc2nc[nH]c2c1. The Labute approximate surface area is 119 Å². The molecule has 0 spiro atoms. The lowest BCUT2D eigenvalue weighted by Crippen LogP contribution is -2.56. The fourth-order valence-corrected chi connectivity index (χ4v) is 3.56. The van der Waals surface area contributed by atoms with Crippen LogP contribution in [0.1, 0.15) is 26.2 Å². The zero-order valence-corrected chi connectivity index (χ0v) is 12.0. The summed E-state index contributed by atoms with van der Waals surface area (Å²) in [5.74, 6) is 0. The zero-order valence-electron chi connectivity index (χ0n) is 12.0. The zero-order chi connectivity index (χ0) is 13.5. The van der Waals surface area contributed by atoms with Crippen LogP contribution in [0.25, 0.3) is 11.0 Å². The fraction of sp³-hybridized carbons (Fsp3) is 0.562. The summed E-state index contributed by atoms with van der Waals surface area (Å²) in [7, 11) is 0. The van der Waals surface area contributed by atoms with Gasteiger partial charge in [-0.15, -0.1) is 0 Å². The van der Waals surface area contributed by atoms with Gasteiger partial charge in [0.25, 0.3) is 0 Å². The molecule has 1 saturated carbocycles. The molecule has 0 unspecified atom stereocenters. The molecule has 0 amide bonds. The highest BCUT2D eigenvalue weighted by Crippen LogP contribution is 2.29. The highest BCUT2D eigenvalue weighted by atomic mass is 15.3. The Balaban J connectivity index is 1.53. The molecule has 2 heterocycles. The molecule has 1 aromatic heterocycles. The van der Waals surface area contributed by atoms with Gasteiger partial charge >= 0.3 is 0 Å². The van der Waals surface area contributed by atoms with Crippen LogP contribution in [0.4, 0.5) is 5.69 Å². The predicted molar refractivity (Wildman–Crippen MR) is 82.1 cm³/mol. The minimum absolute atomic E-state index is 0.588. The van der Waals surface area contributed by atoms with Gasteiger partial charge in [-0.1, -0.05) is 6.42 Å². The van der Waals surface area contributed by atoms with Crippen molar-refractivity contribution in [2.45, 2.75) is 38.3 Å². The summed E-state index contributed by atoms with van der Waals surface area (Å²) >= 11 is 0. The van der Waals surface area contributed by atoms with Crippen LogP contribution >= 0.6 is 0 Å². The average Bonchev–Trinajstić information content (AvgIpc) is 2.84. The molecule has 1 aliphatic heterocycles. The molecule has 1 atom stereocenters. The monoisotopic (exact) mass is 270 g/mol. The molecular weight excluding hydrogens is 248 g/mol. The second kappa shape index (κ2) is 4.77. The van der Waals surface area contributed by atoms with Crippen molar-refractivity contribution in [3.63, 3.8) is 0 Å². The number of aromatic nitrogens is 2. The van der Waals surface area contributed by atoms with Crippen LogP contribution in [0.3, 0.4) is 0 Å². The van der Waals surface area contributed by atoms with Gasteiger partial charge in [0, 0.05) is 37.4 Å². The summed E-state index contributed by atoms with van der Waals surface area (Å²) in [6.45, 7) is 5.89. The van der Waals surface area contributed by atoms with E-state index in [2.05, 4.69) is 44.9 Å². The number of rotatable bonds is 2. The van der Waals surface area contributed by atoms with Gasteiger partial charge in [0.05, 0.1) is 17.4 Å². The van der Waals surface area contributed by atoms with E-state index in [-0.39, 0.29) is 0 Å². The van der Waals surface area contributed by atoms with Gasteiger partial charge < -0.3 is 9.88 Å². The highest BCUT2D eigenvalue weighted by Gasteiger charge is 2.31. The Morgan fingerprint density at radius 2 is 2.15 bits per heavy atom. The Kier molecular flexibility index (Phi) is 2.91. The van der Waals surface area contributed by atoms with E-state index in [1.54, 1.807) is 6.33 Å². The Morgan fingerprint density at radius 1 is 1.25 bits per heavy atom. The summed E-state index contributed by atoms with van der Waals surface area (Å²) in [6.07, 6.45) is 6.02. The van der Waals surface area contributed by atoms with Crippen molar-refractivity contribution < 1.29 is 0 Å². The van der Waals surface area contributed by atoms with Crippen molar-refractivity contribution in [3.8, 4) is 0 Å². The fourth-order valence-electron chi connectivity index (χ4n) is 3.56. The van der Waals surface area contributed by atoms with Crippen molar-refractivity contribution in [1.29, 1.82) is 0 Å². The number of benzene rings is 1. The molecular formula is C16H22N4. The third-order valence-electron chi connectivity index (χ3n) is 4.99. The van der Waals surface area contributed by atoms with Crippen LogP contribution in [0.2, 0.25) is 0 Å². The second-order valence-electron chi connectivity index (χ2n) is 6.23. The van der Waals surface area contributed by atoms with Crippen LogP contribution in [0, 0.1) is 0 Å². The van der Waals surface area contributed by atoms with E-state index in [1.165, 1.54) is 38.0 Å². The number of nitrogens with one attached hydrogen (secondary N) is 1. The maximum absolute atomic E-state index is 4.30. The molecule has 0 bridgehead atoms. The highest BCUT2D eigenvalue weighted by molar-refractivity contribution is 5.79. The number of hydrogen-bond donors (Lipinski definition) is 1. The van der Waals surface area contributed by atoms with E-state index in [1.807, 2.05) is 0 Å². The second-order valence-corrected chi connectivity index (χ2v) is 6.23. The minimum Gasteiger partial charge on any atom is -0.366 e. The number of piperazine rings is 1. The van der Waals surface area contributed by atoms with Crippen molar-refractivity contribution in [2.24, 2.45) is 0 Å². The number of anilines is 1. The van der Waals surface area contributed by atoms with E-state index in [0.29, 0.717) is 6.04 Å². The van der Waals surface area contributed by atoms with Crippen LogP contribution in [-0.4, -0.2) is 46.6 Å². The third kappa shape index (κ3) is 1.99. The van der Waals surface area contributed by atoms with Gasteiger partial charge in [-0.3, -0.25) is 4.90 Å². The first-order valence-electron chi connectivity index (χ1n) is 7.75. The number of H-pyrrole nitrogens is 1. The Morgan fingerprint density at radius 3 is 2.90 bits per heavy atom. The quantitative estimate of drug-likeness (QED) is 0.911. The van der Waals surface area contributed by atoms with Gasteiger partial charge in [0.2, 0.25) is 0 Å². The number of nitrogens with zero attached hydrogens (tertiary/aromatic N) is 3. The van der Waals surface area contributed by atoms with E-state index in [9.17, 15) is 0 Å². The van der Waals surface area contributed by atoms with Crippen LogP contribution in [0.15, 0.2) is 24.5 Å². The summed E-state index contributed by atoms with van der Waals surface area (Å²) in [5.41, 5.74) is 3.51. The van der Waals surface area contributed by atoms with E-state index >= 15 is 0 Å². The first-order valence-corrected chi connectivity index (χ1v) is 7.75. The van der Waals surface area contributed by atoms with E-state index in [0.717, 1.165) is 23.6 Å². The third-order valence-corrected chi connectivity index (χ3v) is 4.99. The predicted octanol–water partition coefficient (Wildman–Crippen LogP) is 2.63. The lowest BCUT2D eigenvalue weighted by Gasteiger charge is -2.46. The number of hydrogen-bond acceptors (Lipinski definition) is 3. The lowest BCUT2D eigenvalue weighted by atomic mass is 9.90. The average molecular weight is 270 g/mol. The van der Waals surface area contributed by atoms with Crippen LogP contribution in [0.5, 0.6) is 0 Å². The molecule has 2 fully saturated rings. The van der Waals surface area contributed by atoms with Gasteiger partial charge in [-0.25, -0.2) is 4.98 Å². The summed E-state index contributed by atoms with van der Waals surface area (Å²) in [4.78, 5) is 12.7. The Hall–Kier alpha value is -1.55. The molecule has 106 valence electrons. The maximum Gasteiger partial charge on any atom is 0.0931 e. The number of aromatic amines is 1. The molecule has 1 aliphatic carbocycles.